The Kier molecular flexibility index (Phi) is 6.03. The summed E-state index contributed by atoms with van der Waals surface area (Å²) in [5, 5.41) is 21.1. The number of hydrogen-bond donors (Lipinski definition) is 2. The summed E-state index contributed by atoms with van der Waals surface area (Å²) in [7, 11) is 0. The van der Waals surface area contributed by atoms with Gasteiger partial charge in [0.2, 0.25) is 0 Å². The molecule has 3 rings (SSSR count). The van der Waals surface area contributed by atoms with Crippen LogP contribution < -0.4 is 10.1 Å². The molecule has 0 bridgehead atoms. The third-order valence-corrected chi connectivity index (χ3v) is 3.92. The molecule has 6 nitrogen and oxygen atoms in total. The number of nitrogens with zero attached hydrogens (tertiary/aromatic N) is 1. The molecule has 0 radical (unpaired) electrons. The zero-order valence-electron chi connectivity index (χ0n) is 15.2. The molecule has 2 N–H and O–H groups in total. The maximum atomic E-state index is 12.5. The highest BCUT2D eigenvalue weighted by Gasteiger charge is 2.15. The van der Waals surface area contributed by atoms with E-state index in [1.54, 1.807) is 36.4 Å². The second-order valence-corrected chi connectivity index (χ2v) is 5.96. The lowest BCUT2D eigenvalue weighted by molar-refractivity contribution is -0.112. The summed E-state index contributed by atoms with van der Waals surface area (Å²) < 4.78 is 5.75. The second-order valence-electron chi connectivity index (χ2n) is 5.96. The molecule has 1 amide bonds. The second kappa shape index (κ2) is 9.02. The van der Waals surface area contributed by atoms with Crippen molar-refractivity contribution in [2.45, 2.75) is 0 Å². The first-order chi connectivity index (χ1) is 14.1. The maximum Gasteiger partial charge on any atom is 0.337 e. The quantitative estimate of drug-likeness (QED) is 0.473. The number of carboxylic acids is 1. The van der Waals surface area contributed by atoms with E-state index in [0.717, 1.165) is 0 Å². The number of ether oxygens (including phenoxy) is 1. The van der Waals surface area contributed by atoms with Crippen LogP contribution in [0.3, 0.4) is 0 Å². The van der Waals surface area contributed by atoms with E-state index in [4.69, 9.17) is 4.74 Å². The van der Waals surface area contributed by atoms with E-state index >= 15 is 0 Å². The molecule has 0 spiro atoms. The minimum absolute atomic E-state index is 0.0589. The number of carbonyl (C=O) groups excluding carboxylic acids is 1. The number of para-hydroxylation sites is 2. The Balaban J connectivity index is 1.81. The van der Waals surface area contributed by atoms with Gasteiger partial charge in [-0.2, -0.15) is 5.26 Å². The summed E-state index contributed by atoms with van der Waals surface area (Å²) in [5.41, 5.74) is 0.488. The molecule has 6 heteroatoms. The van der Waals surface area contributed by atoms with Crippen LogP contribution in [0.2, 0.25) is 0 Å². The van der Waals surface area contributed by atoms with Gasteiger partial charge in [-0.25, -0.2) is 4.79 Å². The van der Waals surface area contributed by atoms with Crippen LogP contribution in [0.25, 0.3) is 6.08 Å². The van der Waals surface area contributed by atoms with Crippen LogP contribution in [0.5, 0.6) is 11.5 Å². The number of carboxylic acid groups (broad SMARTS) is 1. The van der Waals surface area contributed by atoms with Gasteiger partial charge in [0.25, 0.3) is 5.91 Å². The Morgan fingerprint density at radius 3 is 2.34 bits per heavy atom. The number of nitriles is 1. The van der Waals surface area contributed by atoms with Crippen LogP contribution >= 0.6 is 0 Å². The summed E-state index contributed by atoms with van der Waals surface area (Å²) in [4.78, 5) is 23.7. The molecule has 142 valence electrons. The highest BCUT2D eigenvalue weighted by Crippen LogP contribution is 2.23. The van der Waals surface area contributed by atoms with Crippen LogP contribution in [-0.2, 0) is 4.79 Å². The first-order valence-corrected chi connectivity index (χ1v) is 8.65. The first kappa shape index (κ1) is 19.4. The average molecular weight is 384 g/mol. The topological polar surface area (TPSA) is 99.4 Å². The zero-order valence-corrected chi connectivity index (χ0v) is 15.2. The lowest BCUT2D eigenvalue weighted by Crippen LogP contribution is -2.16. The van der Waals surface area contributed by atoms with E-state index in [1.807, 2.05) is 36.4 Å². The van der Waals surface area contributed by atoms with Gasteiger partial charge in [-0.15, -0.1) is 0 Å². The molecule has 0 aliphatic heterocycles. The fraction of sp³-hybridized carbons (Fsp3) is 0. The number of carbonyl (C=O) groups is 2. The molecule has 3 aromatic rings. The molecular weight excluding hydrogens is 368 g/mol. The molecule has 3 aromatic carbocycles. The Labute approximate surface area is 167 Å². The first-order valence-electron chi connectivity index (χ1n) is 8.65. The summed E-state index contributed by atoms with van der Waals surface area (Å²) >= 11 is 0. The third kappa shape index (κ3) is 5.08. The lowest BCUT2D eigenvalue weighted by Gasteiger charge is -2.08. The van der Waals surface area contributed by atoms with Crippen molar-refractivity contribution in [2.75, 3.05) is 5.32 Å². The number of anilines is 1. The number of hydrogen-bond acceptors (Lipinski definition) is 4. The smallest absolute Gasteiger partial charge is 0.337 e. The van der Waals surface area contributed by atoms with Crippen LogP contribution in [0.15, 0.2) is 84.4 Å². The predicted molar refractivity (Wildman–Crippen MR) is 109 cm³/mol. The zero-order chi connectivity index (χ0) is 20.6. The van der Waals surface area contributed by atoms with Crippen molar-refractivity contribution >= 4 is 23.6 Å². The van der Waals surface area contributed by atoms with E-state index in [-0.39, 0.29) is 16.8 Å². The summed E-state index contributed by atoms with van der Waals surface area (Å²) in [5.74, 6) is -0.652. The van der Waals surface area contributed by atoms with Crippen LogP contribution in [0, 0.1) is 11.3 Å². The van der Waals surface area contributed by atoms with Crippen molar-refractivity contribution in [1.29, 1.82) is 5.26 Å². The number of benzene rings is 3. The Hall–Kier alpha value is -4.37. The summed E-state index contributed by atoms with van der Waals surface area (Å²) in [6.07, 6.45) is 1.41. The van der Waals surface area contributed by atoms with Crippen LogP contribution in [0.1, 0.15) is 15.9 Å². The Bertz CT molecular complexity index is 1110. The highest BCUT2D eigenvalue weighted by molar-refractivity contribution is 6.11. The molecule has 0 atom stereocenters. The monoisotopic (exact) mass is 384 g/mol. The van der Waals surface area contributed by atoms with Gasteiger partial charge in [0.1, 0.15) is 23.1 Å². The maximum absolute atomic E-state index is 12.5. The van der Waals surface area contributed by atoms with Gasteiger partial charge in [0.15, 0.2) is 0 Å². The Morgan fingerprint density at radius 2 is 1.62 bits per heavy atom. The number of aromatic carboxylic acids is 1. The summed E-state index contributed by atoms with van der Waals surface area (Å²) in [6, 6.07) is 24.0. The van der Waals surface area contributed by atoms with Gasteiger partial charge in [0, 0.05) is 0 Å². The van der Waals surface area contributed by atoms with E-state index in [2.05, 4.69) is 5.32 Å². The predicted octanol–water partition coefficient (Wildman–Crippen LogP) is 4.72. The standard InChI is InChI=1S/C23H16N2O4/c24-15-17(22(26)25-21-12-5-4-11-20(21)23(27)28)13-16-7-6-10-19(14-16)29-18-8-2-1-3-9-18/h1-14H,(H,25,26)(H,27,28)/b17-13-. The van der Waals surface area contributed by atoms with E-state index < -0.39 is 11.9 Å². The molecule has 29 heavy (non-hydrogen) atoms. The fourth-order valence-electron chi connectivity index (χ4n) is 2.58. The minimum Gasteiger partial charge on any atom is -0.478 e. The molecule has 0 aliphatic carbocycles. The number of amides is 1. The molecule has 0 heterocycles. The van der Waals surface area contributed by atoms with Crippen LogP contribution in [-0.4, -0.2) is 17.0 Å². The molecular formula is C23H16N2O4. The van der Waals surface area contributed by atoms with Gasteiger partial charge in [0.05, 0.1) is 11.3 Å². The van der Waals surface area contributed by atoms with Crippen molar-refractivity contribution in [3.8, 4) is 17.6 Å². The van der Waals surface area contributed by atoms with E-state index in [1.165, 1.54) is 18.2 Å². The van der Waals surface area contributed by atoms with Crippen molar-refractivity contribution in [1.82, 2.24) is 0 Å². The van der Waals surface area contributed by atoms with Crippen molar-refractivity contribution in [3.05, 3.63) is 95.6 Å². The largest absolute Gasteiger partial charge is 0.478 e. The van der Waals surface area contributed by atoms with Crippen molar-refractivity contribution in [3.63, 3.8) is 0 Å². The average Bonchev–Trinajstić information content (AvgIpc) is 2.73. The summed E-state index contributed by atoms with van der Waals surface area (Å²) in [6.45, 7) is 0. The van der Waals surface area contributed by atoms with Crippen LogP contribution in [0.4, 0.5) is 5.69 Å². The van der Waals surface area contributed by atoms with E-state index in [9.17, 15) is 20.0 Å². The normalized spacial score (nSPS) is 10.7. The highest BCUT2D eigenvalue weighted by atomic mass is 16.5. The molecule has 0 aliphatic rings. The molecule has 0 unspecified atom stereocenters. The minimum atomic E-state index is -1.17. The molecule has 0 fully saturated rings. The SMILES string of the molecule is N#C/C(=C/c1cccc(Oc2ccccc2)c1)C(=O)Nc1ccccc1C(=O)O. The van der Waals surface area contributed by atoms with Gasteiger partial charge >= 0.3 is 5.97 Å². The van der Waals surface area contributed by atoms with E-state index in [0.29, 0.717) is 17.1 Å². The number of rotatable bonds is 6. The lowest BCUT2D eigenvalue weighted by atomic mass is 10.1. The molecule has 0 aromatic heterocycles. The van der Waals surface area contributed by atoms with Gasteiger partial charge in [-0.1, -0.05) is 42.5 Å². The van der Waals surface area contributed by atoms with Gasteiger partial charge in [-0.3, -0.25) is 4.79 Å². The Morgan fingerprint density at radius 1 is 0.931 bits per heavy atom. The molecule has 0 saturated heterocycles. The van der Waals surface area contributed by atoms with Gasteiger partial charge in [-0.05, 0) is 48.0 Å². The molecule has 0 saturated carbocycles. The number of nitrogens with one attached hydrogen (secondary N) is 1. The fourth-order valence-corrected chi connectivity index (χ4v) is 2.58. The van der Waals surface area contributed by atoms with Crippen molar-refractivity contribution in [2.24, 2.45) is 0 Å². The van der Waals surface area contributed by atoms with Gasteiger partial charge < -0.3 is 15.2 Å². The third-order valence-electron chi connectivity index (χ3n) is 3.92. The van der Waals surface area contributed by atoms with Crippen molar-refractivity contribution < 1.29 is 19.4 Å².